The van der Waals surface area contributed by atoms with Crippen LogP contribution in [0.1, 0.15) is 20.0 Å². The van der Waals surface area contributed by atoms with Crippen LogP contribution in [0.2, 0.25) is 0 Å². The van der Waals surface area contributed by atoms with Gasteiger partial charge in [-0.3, -0.25) is 4.79 Å². The summed E-state index contributed by atoms with van der Waals surface area (Å²) >= 11 is 0.859. The monoisotopic (exact) mass is 401 g/mol. The van der Waals surface area contributed by atoms with E-state index >= 15 is 0 Å². The number of carbonyl (C=O) groups excluding carboxylic acids is 2. The molecule has 0 aliphatic carbocycles. The number of nitrogens with two attached hydrogens (primary N) is 1. The van der Waals surface area contributed by atoms with Gasteiger partial charge in [-0.1, -0.05) is 30.3 Å². The lowest BCUT2D eigenvalue weighted by molar-refractivity contribution is 0.0606. The second-order valence-electron chi connectivity index (χ2n) is 5.61. The third-order valence-electron chi connectivity index (χ3n) is 3.90. The van der Waals surface area contributed by atoms with Crippen molar-refractivity contribution in [3.05, 3.63) is 65.0 Å². The molecule has 0 atom stereocenters. The predicted molar refractivity (Wildman–Crippen MR) is 103 cm³/mol. The fraction of sp³-hybridized carbons (Fsp3) is 0.0526. The molecule has 1 aromatic heterocycles. The van der Waals surface area contributed by atoms with E-state index < -0.39 is 15.8 Å². The number of aldehydes is 1. The van der Waals surface area contributed by atoms with E-state index in [9.17, 15) is 18.0 Å². The molecule has 138 valence electrons. The maximum atomic E-state index is 13.0. The van der Waals surface area contributed by atoms with Gasteiger partial charge in [0.15, 0.2) is 0 Å². The second kappa shape index (κ2) is 7.34. The van der Waals surface area contributed by atoms with E-state index in [-0.39, 0.29) is 19.7 Å². The van der Waals surface area contributed by atoms with Gasteiger partial charge in [-0.25, -0.2) is 13.2 Å². The molecule has 0 saturated carbocycles. The van der Waals surface area contributed by atoms with Crippen molar-refractivity contribution in [1.82, 2.24) is 0 Å². The summed E-state index contributed by atoms with van der Waals surface area (Å²) in [5, 5.41) is 0.0174. The fourth-order valence-electron chi connectivity index (χ4n) is 2.56. The number of thiophene rings is 1. The van der Waals surface area contributed by atoms with E-state index in [1.807, 2.05) is 0 Å². The van der Waals surface area contributed by atoms with Crippen LogP contribution in [0.5, 0.6) is 0 Å². The minimum atomic E-state index is -3.93. The van der Waals surface area contributed by atoms with Crippen LogP contribution in [0.4, 0.5) is 5.00 Å². The summed E-state index contributed by atoms with van der Waals surface area (Å²) in [6, 6.07) is 14.4. The van der Waals surface area contributed by atoms with Crippen molar-refractivity contribution in [2.24, 2.45) is 0 Å². The molecular weight excluding hydrogens is 386 g/mol. The van der Waals surface area contributed by atoms with E-state index in [1.165, 1.54) is 25.3 Å². The van der Waals surface area contributed by atoms with E-state index in [4.69, 9.17) is 5.73 Å². The van der Waals surface area contributed by atoms with Gasteiger partial charge in [0.05, 0.1) is 12.0 Å². The normalized spacial score (nSPS) is 11.1. The average molecular weight is 401 g/mol. The molecule has 2 N–H and O–H groups in total. The van der Waals surface area contributed by atoms with Crippen molar-refractivity contribution < 1.29 is 22.7 Å². The highest BCUT2D eigenvalue weighted by Crippen LogP contribution is 2.34. The quantitative estimate of drug-likeness (QED) is 0.519. The Morgan fingerprint density at radius 1 is 1.07 bits per heavy atom. The van der Waals surface area contributed by atoms with Gasteiger partial charge in [0, 0.05) is 5.56 Å². The lowest BCUT2D eigenvalue weighted by Crippen LogP contribution is -2.04. The third kappa shape index (κ3) is 3.62. The van der Waals surface area contributed by atoms with Gasteiger partial charge < -0.3 is 10.5 Å². The highest BCUT2D eigenvalue weighted by atomic mass is 32.2. The fourth-order valence-corrected chi connectivity index (χ4v) is 5.16. The number of hydrogen-bond acceptors (Lipinski definition) is 7. The maximum absolute atomic E-state index is 13.0. The lowest BCUT2D eigenvalue weighted by Gasteiger charge is -2.07. The Morgan fingerprint density at radius 3 is 2.41 bits per heavy atom. The van der Waals surface area contributed by atoms with Crippen LogP contribution in [0.25, 0.3) is 11.1 Å². The van der Waals surface area contributed by atoms with Crippen LogP contribution >= 0.6 is 11.3 Å². The molecule has 0 aliphatic rings. The molecule has 0 fully saturated rings. The number of nitrogen functional groups attached to an aromatic ring is 1. The van der Waals surface area contributed by atoms with Crippen molar-refractivity contribution in [3.63, 3.8) is 0 Å². The van der Waals surface area contributed by atoms with E-state index in [2.05, 4.69) is 4.74 Å². The van der Waals surface area contributed by atoms with Crippen molar-refractivity contribution in [2.75, 3.05) is 12.8 Å². The highest BCUT2D eigenvalue weighted by molar-refractivity contribution is 7.91. The van der Waals surface area contributed by atoms with E-state index in [1.54, 1.807) is 36.4 Å². The molecule has 3 aromatic rings. The SMILES string of the molecule is COC(=O)c1cc(S(=O)(=O)c2cccc(-c3cccc(C=O)c3)c2)c(N)s1. The Bertz CT molecular complexity index is 1130. The standard InChI is InChI=1S/C19H15NO5S2/c1-25-19(22)16-10-17(18(20)26-16)27(23,24)15-7-3-6-14(9-15)13-5-2-4-12(8-13)11-21/h2-11H,20H2,1H3. The molecule has 0 saturated heterocycles. The van der Waals surface area contributed by atoms with E-state index in [0.29, 0.717) is 16.7 Å². The first-order chi connectivity index (χ1) is 12.9. The first-order valence-electron chi connectivity index (χ1n) is 7.75. The number of sulfone groups is 1. The van der Waals surface area contributed by atoms with Gasteiger partial charge in [-0.2, -0.15) is 0 Å². The highest BCUT2D eigenvalue weighted by Gasteiger charge is 2.25. The van der Waals surface area contributed by atoms with Gasteiger partial charge >= 0.3 is 5.97 Å². The molecule has 1 heterocycles. The van der Waals surface area contributed by atoms with Crippen LogP contribution in [0.15, 0.2) is 64.4 Å². The summed E-state index contributed by atoms with van der Waals surface area (Å²) in [6.07, 6.45) is 0.727. The zero-order valence-corrected chi connectivity index (χ0v) is 15.8. The van der Waals surface area contributed by atoms with Crippen LogP contribution in [0.3, 0.4) is 0 Å². The molecule has 0 radical (unpaired) electrons. The lowest BCUT2D eigenvalue weighted by atomic mass is 10.0. The molecule has 0 spiro atoms. The Kier molecular flexibility index (Phi) is 5.11. The van der Waals surface area contributed by atoms with Crippen LogP contribution < -0.4 is 5.73 Å². The molecular formula is C19H15NO5S2. The summed E-state index contributed by atoms with van der Waals surface area (Å²) in [5.41, 5.74) is 7.68. The zero-order valence-electron chi connectivity index (χ0n) is 14.2. The molecule has 0 amide bonds. The molecule has 0 bridgehead atoms. The van der Waals surface area contributed by atoms with Crippen molar-refractivity contribution in [1.29, 1.82) is 0 Å². The maximum Gasteiger partial charge on any atom is 0.348 e. The first-order valence-corrected chi connectivity index (χ1v) is 10.0. The van der Waals surface area contributed by atoms with Crippen molar-refractivity contribution >= 4 is 38.4 Å². The molecule has 27 heavy (non-hydrogen) atoms. The average Bonchev–Trinajstić information content (AvgIpc) is 3.10. The molecule has 8 heteroatoms. The number of methoxy groups -OCH3 is 1. The number of anilines is 1. The number of esters is 1. The Hall–Kier alpha value is -2.97. The molecule has 0 unspecified atom stereocenters. The number of ether oxygens (including phenoxy) is 1. The third-order valence-corrected chi connectivity index (χ3v) is 6.77. The van der Waals surface area contributed by atoms with Gasteiger partial charge in [-0.05, 0) is 35.4 Å². The first kappa shape index (κ1) is 18.8. The molecule has 3 rings (SSSR count). The smallest absolute Gasteiger partial charge is 0.348 e. The van der Waals surface area contributed by atoms with Crippen molar-refractivity contribution in [3.8, 4) is 11.1 Å². The summed E-state index contributed by atoms with van der Waals surface area (Å²) < 4.78 is 30.6. The number of carbonyl (C=O) groups is 2. The van der Waals surface area contributed by atoms with Crippen LogP contribution in [0, 0.1) is 0 Å². The summed E-state index contributed by atoms with van der Waals surface area (Å²) in [7, 11) is -2.72. The minimum Gasteiger partial charge on any atom is -0.465 e. The largest absolute Gasteiger partial charge is 0.465 e. The number of hydrogen-bond donors (Lipinski definition) is 1. The van der Waals surface area contributed by atoms with Gasteiger partial charge in [-0.15, -0.1) is 11.3 Å². The summed E-state index contributed by atoms with van der Waals surface area (Å²) in [6.45, 7) is 0. The number of rotatable bonds is 5. The topological polar surface area (TPSA) is 104 Å². The van der Waals surface area contributed by atoms with Gasteiger partial charge in [0.1, 0.15) is 21.1 Å². The Morgan fingerprint density at radius 2 is 1.74 bits per heavy atom. The van der Waals surface area contributed by atoms with Gasteiger partial charge in [0.2, 0.25) is 9.84 Å². The summed E-state index contributed by atoms with van der Waals surface area (Å²) in [4.78, 5) is 22.6. The van der Waals surface area contributed by atoms with Crippen molar-refractivity contribution in [2.45, 2.75) is 9.79 Å². The van der Waals surface area contributed by atoms with E-state index in [0.717, 1.165) is 17.6 Å². The van der Waals surface area contributed by atoms with Crippen LogP contribution in [-0.2, 0) is 14.6 Å². The minimum absolute atomic E-state index is 0.0174. The molecule has 2 aromatic carbocycles. The predicted octanol–water partition coefficient (Wildman–Crippen LogP) is 3.43. The molecule has 6 nitrogen and oxygen atoms in total. The molecule has 0 aliphatic heterocycles. The zero-order chi connectivity index (χ0) is 19.6. The Balaban J connectivity index is 2.07. The second-order valence-corrected chi connectivity index (χ2v) is 8.61. The van der Waals surface area contributed by atoms with Crippen LogP contribution in [-0.4, -0.2) is 27.8 Å². The Labute approximate surface area is 160 Å². The van der Waals surface area contributed by atoms with Gasteiger partial charge in [0.25, 0.3) is 0 Å². The number of benzene rings is 2. The summed E-state index contributed by atoms with van der Waals surface area (Å²) in [5.74, 6) is -0.646.